The Kier molecular flexibility index (Phi) is 7.22. The molecule has 2 aromatic rings. The van der Waals surface area contributed by atoms with Crippen molar-refractivity contribution in [2.24, 2.45) is 0 Å². The highest BCUT2D eigenvalue weighted by Gasteiger charge is 2.19. The highest BCUT2D eigenvalue weighted by atomic mass is 19.1. The number of anilines is 2. The van der Waals surface area contributed by atoms with E-state index >= 15 is 0 Å². The van der Waals surface area contributed by atoms with Gasteiger partial charge in [0.2, 0.25) is 0 Å². The molecule has 160 valence electrons. The number of carbonyl (C=O) groups excluding carboxylic acids is 2. The Hall–Kier alpha value is -3.86. The van der Waals surface area contributed by atoms with Crippen molar-refractivity contribution in [1.29, 1.82) is 5.26 Å². The molecule has 1 saturated heterocycles. The number of hydrogen-bond donors (Lipinski definition) is 1. The first-order chi connectivity index (χ1) is 15.0. The van der Waals surface area contributed by atoms with E-state index in [0.29, 0.717) is 43.1 Å². The van der Waals surface area contributed by atoms with Crippen LogP contribution in [0, 0.1) is 17.1 Å². The Labute approximate surface area is 180 Å². The number of piperazine rings is 1. The topological polar surface area (TPSA) is 85.7 Å². The van der Waals surface area contributed by atoms with E-state index in [2.05, 4.69) is 5.32 Å². The van der Waals surface area contributed by atoms with Gasteiger partial charge in [-0.2, -0.15) is 5.26 Å². The van der Waals surface area contributed by atoms with Gasteiger partial charge in [0, 0.05) is 38.1 Å². The van der Waals surface area contributed by atoms with Crippen LogP contribution >= 0.6 is 0 Å². The van der Waals surface area contributed by atoms with Crippen LogP contribution in [0.4, 0.5) is 15.8 Å². The SMILES string of the molecule is CCOC(=O)c1ccc(NC(=O)/C(C#N)=C\N2CCN(c3ccccc3F)CC2)cc1. The quantitative estimate of drug-likeness (QED) is 0.437. The van der Waals surface area contributed by atoms with Crippen molar-refractivity contribution in [2.75, 3.05) is 43.0 Å². The van der Waals surface area contributed by atoms with Crippen molar-refractivity contribution < 1.29 is 18.7 Å². The maximum atomic E-state index is 14.0. The molecule has 0 radical (unpaired) electrons. The predicted molar refractivity (Wildman–Crippen MR) is 115 cm³/mol. The van der Waals surface area contributed by atoms with Gasteiger partial charge in [-0.1, -0.05) is 12.1 Å². The van der Waals surface area contributed by atoms with Gasteiger partial charge in [-0.05, 0) is 43.3 Å². The van der Waals surface area contributed by atoms with Gasteiger partial charge in [-0.25, -0.2) is 9.18 Å². The molecule has 31 heavy (non-hydrogen) atoms. The Balaban J connectivity index is 1.59. The van der Waals surface area contributed by atoms with E-state index in [-0.39, 0.29) is 18.0 Å². The number of rotatable bonds is 6. The number of nitriles is 1. The van der Waals surface area contributed by atoms with Crippen molar-refractivity contribution in [3.05, 3.63) is 71.7 Å². The molecule has 3 rings (SSSR count). The summed E-state index contributed by atoms with van der Waals surface area (Å²) in [5.74, 6) is -1.24. The molecule has 7 nitrogen and oxygen atoms in total. The van der Waals surface area contributed by atoms with E-state index in [1.807, 2.05) is 15.9 Å². The van der Waals surface area contributed by atoms with Crippen molar-refractivity contribution >= 4 is 23.3 Å². The summed E-state index contributed by atoms with van der Waals surface area (Å²) in [7, 11) is 0. The van der Waals surface area contributed by atoms with Crippen LogP contribution in [0.5, 0.6) is 0 Å². The molecule has 1 fully saturated rings. The lowest BCUT2D eigenvalue weighted by atomic mass is 10.2. The molecule has 1 aliphatic rings. The average Bonchev–Trinajstić information content (AvgIpc) is 2.79. The van der Waals surface area contributed by atoms with Crippen LogP contribution in [0.15, 0.2) is 60.3 Å². The summed E-state index contributed by atoms with van der Waals surface area (Å²) < 4.78 is 18.9. The van der Waals surface area contributed by atoms with Crippen LogP contribution in [0.1, 0.15) is 17.3 Å². The van der Waals surface area contributed by atoms with Gasteiger partial charge in [0.15, 0.2) is 0 Å². The van der Waals surface area contributed by atoms with Crippen LogP contribution < -0.4 is 10.2 Å². The second-order valence-electron chi connectivity index (χ2n) is 6.88. The van der Waals surface area contributed by atoms with Crippen LogP contribution in [0.25, 0.3) is 0 Å². The zero-order chi connectivity index (χ0) is 22.2. The predicted octanol–water partition coefficient (Wildman–Crippen LogP) is 3.17. The molecule has 0 saturated carbocycles. The van der Waals surface area contributed by atoms with Crippen LogP contribution in [0.3, 0.4) is 0 Å². The smallest absolute Gasteiger partial charge is 0.338 e. The summed E-state index contributed by atoms with van der Waals surface area (Å²) in [6, 6.07) is 14.8. The molecule has 0 unspecified atom stereocenters. The Morgan fingerprint density at radius 3 is 2.42 bits per heavy atom. The van der Waals surface area contributed by atoms with Crippen molar-refractivity contribution in [3.8, 4) is 6.07 Å². The average molecular weight is 422 g/mol. The molecule has 8 heteroatoms. The zero-order valence-electron chi connectivity index (χ0n) is 17.2. The fourth-order valence-corrected chi connectivity index (χ4v) is 3.22. The minimum Gasteiger partial charge on any atom is -0.462 e. The number of hydrogen-bond acceptors (Lipinski definition) is 6. The minimum atomic E-state index is -0.539. The zero-order valence-corrected chi connectivity index (χ0v) is 17.2. The molecule has 0 bridgehead atoms. The van der Waals surface area contributed by atoms with Gasteiger partial charge in [-0.3, -0.25) is 4.79 Å². The number of nitrogens with one attached hydrogen (secondary N) is 1. The lowest BCUT2D eigenvalue weighted by Crippen LogP contribution is -2.44. The summed E-state index contributed by atoms with van der Waals surface area (Å²) in [6.07, 6.45) is 1.53. The maximum absolute atomic E-state index is 14.0. The molecule has 1 N–H and O–H groups in total. The third-order valence-corrected chi connectivity index (χ3v) is 4.84. The van der Waals surface area contributed by atoms with Crippen molar-refractivity contribution in [1.82, 2.24) is 4.90 Å². The molecule has 0 atom stereocenters. The number of amides is 1. The van der Waals surface area contributed by atoms with Gasteiger partial charge in [0.05, 0.1) is 17.9 Å². The molecular formula is C23H23FN4O3. The molecule has 1 aliphatic heterocycles. The van der Waals surface area contributed by atoms with E-state index in [9.17, 15) is 19.2 Å². The van der Waals surface area contributed by atoms with Gasteiger partial charge >= 0.3 is 5.97 Å². The Morgan fingerprint density at radius 1 is 1.13 bits per heavy atom. The molecule has 1 amide bonds. The molecule has 0 spiro atoms. The number of carbonyl (C=O) groups is 2. The standard InChI is InChI=1S/C23H23FN4O3/c1-2-31-23(30)17-7-9-19(10-8-17)26-22(29)18(15-25)16-27-11-13-28(14-12-27)21-6-4-3-5-20(21)24/h3-10,16H,2,11-14H2,1H3,(H,26,29)/b18-16-. The number of ether oxygens (including phenoxy) is 1. The molecule has 0 aliphatic carbocycles. The van der Waals surface area contributed by atoms with E-state index in [1.165, 1.54) is 12.3 Å². The van der Waals surface area contributed by atoms with Gasteiger partial charge in [0.1, 0.15) is 17.5 Å². The van der Waals surface area contributed by atoms with E-state index in [0.717, 1.165) is 0 Å². The lowest BCUT2D eigenvalue weighted by Gasteiger charge is -2.35. The first kappa shape index (κ1) is 21.8. The molecule has 0 aromatic heterocycles. The third-order valence-electron chi connectivity index (χ3n) is 4.84. The number of halogens is 1. The summed E-state index contributed by atoms with van der Waals surface area (Å²) in [5.41, 5.74) is 1.36. The normalized spacial score (nSPS) is 14.0. The van der Waals surface area contributed by atoms with Crippen molar-refractivity contribution in [3.63, 3.8) is 0 Å². The van der Waals surface area contributed by atoms with Crippen molar-refractivity contribution in [2.45, 2.75) is 6.92 Å². The molecule has 1 heterocycles. The Morgan fingerprint density at radius 2 is 1.81 bits per heavy atom. The first-order valence-electron chi connectivity index (χ1n) is 9.95. The summed E-state index contributed by atoms with van der Waals surface area (Å²) in [4.78, 5) is 28.0. The third kappa shape index (κ3) is 5.60. The van der Waals surface area contributed by atoms with Crippen LogP contribution in [0.2, 0.25) is 0 Å². The van der Waals surface area contributed by atoms with Crippen LogP contribution in [-0.4, -0.2) is 49.6 Å². The number of esters is 1. The lowest BCUT2D eigenvalue weighted by molar-refractivity contribution is -0.112. The fourth-order valence-electron chi connectivity index (χ4n) is 3.22. The number of nitrogens with zero attached hydrogens (tertiary/aromatic N) is 3. The number of para-hydroxylation sites is 1. The highest BCUT2D eigenvalue weighted by Crippen LogP contribution is 2.20. The molecular weight excluding hydrogens is 399 g/mol. The fraction of sp³-hybridized carbons (Fsp3) is 0.261. The molecule has 2 aromatic carbocycles. The Bertz CT molecular complexity index is 1010. The second kappa shape index (κ2) is 10.3. The first-order valence-corrected chi connectivity index (χ1v) is 9.95. The maximum Gasteiger partial charge on any atom is 0.338 e. The monoisotopic (exact) mass is 422 g/mol. The largest absolute Gasteiger partial charge is 0.462 e. The van der Waals surface area contributed by atoms with E-state index in [1.54, 1.807) is 49.4 Å². The highest BCUT2D eigenvalue weighted by molar-refractivity contribution is 6.06. The second-order valence-corrected chi connectivity index (χ2v) is 6.88. The van der Waals surface area contributed by atoms with Gasteiger partial charge < -0.3 is 19.9 Å². The van der Waals surface area contributed by atoms with Gasteiger partial charge in [-0.15, -0.1) is 0 Å². The van der Waals surface area contributed by atoms with E-state index < -0.39 is 11.9 Å². The van der Waals surface area contributed by atoms with E-state index in [4.69, 9.17) is 4.74 Å². The number of benzene rings is 2. The summed E-state index contributed by atoms with van der Waals surface area (Å²) in [6.45, 7) is 4.27. The summed E-state index contributed by atoms with van der Waals surface area (Å²) >= 11 is 0. The summed E-state index contributed by atoms with van der Waals surface area (Å²) in [5, 5.41) is 12.1. The van der Waals surface area contributed by atoms with Crippen LogP contribution in [-0.2, 0) is 9.53 Å². The minimum absolute atomic E-state index is 0.0335. The van der Waals surface area contributed by atoms with Gasteiger partial charge in [0.25, 0.3) is 5.91 Å².